The molecule has 7 nitrogen and oxygen atoms in total. The first-order chi connectivity index (χ1) is 16.2. The predicted molar refractivity (Wildman–Crippen MR) is 127 cm³/mol. The predicted octanol–water partition coefficient (Wildman–Crippen LogP) is 5.57. The van der Waals surface area contributed by atoms with Gasteiger partial charge in [-0.05, 0) is 47.8 Å². The fraction of sp³-hybridized carbons (Fsp3) is 0.167. The van der Waals surface area contributed by atoms with Crippen LogP contribution >= 0.6 is 22.9 Å². The number of nitrogens with one attached hydrogen (secondary N) is 1. The minimum absolute atomic E-state index is 0.216. The van der Waals surface area contributed by atoms with Crippen molar-refractivity contribution in [2.75, 3.05) is 19.5 Å². The number of aromatic nitrogens is 3. The summed E-state index contributed by atoms with van der Waals surface area (Å²) in [6.07, 6.45) is 1.10. The Morgan fingerprint density at radius 2 is 2.03 bits per heavy atom. The molecule has 1 N–H and O–H groups in total. The van der Waals surface area contributed by atoms with Crippen LogP contribution in [0.3, 0.4) is 0 Å². The van der Waals surface area contributed by atoms with Crippen molar-refractivity contribution in [3.63, 3.8) is 0 Å². The van der Waals surface area contributed by atoms with Crippen LogP contribution < -0.4 is 19.5 Å². The van der Waals surface area contributed by atoms with Gasteiger partial charge in [-0.2, -0.15) is 10.1 Å². The minimum Gasteiger partial charge on any atom is -0.497 e. The van der Waals surface area contributed by atoms with E-state index in [1.807, 2.05) is 47.1 Å². The van der Waals surface area contributed by atoms with Crippen LogP contribution in [-0.4, -0.2) is 29.0 Å². The number of fused-ring (bicyclic) bond motifs is 3. The van der Waals surface area contributed by atoms with Crippen molar-refractivity contribution in [1.82, 2.24) is 14.8 Å². The van der Waals surface area contributed by atoms with Gasteiger partial charge in [-0.15, -0.1) is 11.3 Å². The quantitative estimate of drug-likeness (QED) is 0.413. The number of thiophene rings is 1. The monoisotopic (exact) mass is 478 g/mol. The molecule has 0 bridgehead atoms. The SMILES string of the molecule is COc1ccc(OC)c(C2Oc3ccc(Cl)cc3C3=C2C(c2cccs2)n2ncnc2N3)c1. The highest BCUT2D eigenvalue weighted by atomic mass is 35.5. The molecule has 6 rings (SSSR count). The molecule has 2 aromatic carbocycles. The molecule has 2 unspecified atom stereocenters. The molecule has 0 saturated heterocycles. The van der Waals surface area contributed by atoms with E-state index in [-0.39, 0.29) is 6.04 Å². The second-order valence-corrected chi connectivity index (χ2v) is 9.06. The Labute approximate surface area is 199 Å². The van der Waals surface area contributed by atoms with Gasteiger partial charge in [0, 0.05) is 26.6 Å². The number of hydrogen-bond acceptors (Lipinski definition) is 7. The molecule has 0 spiro atoms. The first kappa shape index (κ1) is 20.1. The fourth-order valence-electron chi connectivity index (χ4n) is 4.46. The zero-order chi connectivity index (χ0) is 22.5. The maximum Gasteiger partial charge on any atom is 0.226 e. The van der Waals surface area contributed by atoms with E-state index >= 15 is 0 Å². The van der Waals surface area contributed by atoms with Gasteiger partial charge in [0.1, 0.15) is 29.6 Å². The third-order valence-corrected chi connectivity index (χ3v) is 7.07. The smallest absolute Gasteiger partial charge is 0.226 e. The molecular weight excluding hydrogens is 460 g/mol. The largest absolute Gasteiger partial charge is 0.497 e. The van der Waals surface area contributed by atoms with Crippen molar-refractivity contribution in [1.29, 1.82) is 0 Å². The molecule has 166 valence electrons. The van der Waals surface area contributed by atoms with E-state index in [9.17, 15) is 0 Å². The lowest BCUT2D eigenvalue weighted by Gasteiger charge is -2.38. The summed E-state index contributed by atoms with van der Waals surface area (Å²) in [5, 5.41) is 10.7. The van der Waals surface area contributed by atoms with Gasteiger partial charge in [-0.1, -0.05) is 17.7 Å². The Morgan fingerprint density at radius 3 is 2.82 bits per heavy atom. The molecule has 0 aliphatic carbocycles. The molecule has 0 saturated carbocycles. The number of hydrogen-bond donors (Lipinski definition) is 1. The summed E-state index contributed by atoms with van der Waals surface area (Å²) in [6, 6.07) is 15.3. The Balaban J connectivity index is 1.65. The molecule has 2 aliphatic heterocycles. The number of nitrogens with zero attached hydrogens (tertiary/aromatic N) is 3. The Bertz CT molecular complexity index is 1380. The van der Waals surface area contributed by atoms with E-state index < -0.39 is 6.10 Å². The lowest BCUT2D eigenvalue weighted by Crippen LogP contribution is -2.32. The van der Waals surface area contributed by atoms with Crippen LogP contribution in [0.1, 0.15) is 28.1 Å². The number of anilines is 1. The van der Waals surface area contributed by atoms with Gasteiger partial charge in [0.2, 0.25) is 5.95 Å². The normalized spacial score (nSPS) is 18.5. The van der Waals surface area contributed by atoms with Crippen molar-refractivity contribution in [3.8, 4) is 17.2 Å². The maximum atomic E-state index is 6.66. The molecular formula is C24H19ClN4O3S. The maximum absolute atomic E-state index is 6.66. The number of benzene rings is 2. The van der Waals surface area contributed by atoms with Gasteiger partial charge in [-0.3, -0.25) is 0 Å². The summed E-state index contributed by atoms with van der Waals surface area (Å²) >= 11 is 8.05. The fourth-order valence-corrected chi connectivity index (χ4v) is 5.46. The zero-order valence-electron chi connectivity index (χ0n) is 17.8. The van der Waals surface area contributed by atoms with E-state index in [4.69, 9.17) is 25.8 Å². The van der Waals surface area contributed by atoms with Gasteiger partial charge in [0.15, 0.2) is 6.10 Å². The third kappa shape index (κ3) is 3.17. The van der Waals surface area contributed by atoms with E-state index in [1.54, 1.807) is 31.9 Å². The van der Waals surface area contributed by atoms with Crippen LogP contribution in [0.5, 0.6) is 17.2 Å². The molecule has 4 heterocycles. The van der Waals surface area contributed by atoms with E-state index in [0.29, 0.717) is 16.7 Å². The first-order valence-electron chi connectivity index (χ1n) is 10.3. The minimum atomic E-state index is -0.462. The molecule has 0 fully saturated rings. The van der Waals surface area contributed by atoms with Gasteiger partial charge in [0.05, 0.1) is 19.9 Å². The van der Waals surface area contributed by atoms with Crippen molar-refractivity contribution in [3.05, 3.63) is 86.8 Å². The van der Waals surface area contributed by atoms with Crippen LogP contribution in [0.15, 0.2) is 65.8 Å². The first-order valence-corrected chi connectivity index (χ1v) is 11.6. The Morgan fingerprint density at radius 1 is 1.12 bits per heavy atom. The summed E-state index contributed by atoms with van der Waals surface area (Å²) in [5.74, 6) is 2.81. The molecule has 0 amide bonds. The average Bonchev–Trinajstić information content (AvgIpc) is 3.54. The number of halogens is 1. The standard InChI is InChI=1S/C24H19ClN4O3S/c1-30-14-6-8-17(31-2)16(11-14)23-20-21(15-10-13(25)5-7-18(15)32-23)28-24-26-12-27-29(24)22(20)19-4-3-9-33-19/h3-12,22-23H,1-2H3,(H,26,27,28). The topological polar surface area (TPSA) is 70.4 Å². The van der Waals surface area contributed by atoms with Crippen LogP contribution in [-0.2, 0) is 0 Å². The zero-order valence-corrected chi connectivity index (χ0v) is 19.4. The second kappa shape index (κ2) is 7.83. The third-order valence-electron chi connectivity index (χ3n) is 5.91. The van der Waals surface area contributed by atoms with Crippen LogP contribution in [0, 0.1) is 0 Å². The van der Waals surface area contributed by atoms with Gasteiger partial charge in [0.25, 0.3) is 0 Å². The van der Waals surface area contributed by atoms with E-state index in [2.05, 4.69) is 26.8 Å². The molecule has 33 heavy (non-hydrogen) atoms. The summed E-state index contributed by atoms with van der Waals surface area (Å²) in [4.78, 5) is 5.58. The van der Waals surface area contributed by atoms with Crippen molar-refractivity contribution < 1.29 is 14.2 Å². The Kier molecular flexibility index (Phi) is 4.78. The second-order valence-electron chi connectivity index (χ2n) is 7.65. The Hall–Kier alpha value is -3.49. The highest BCUT2D eigenvalue weighted by Crippen LogP contribution is 2.53. The van der Waals surface area contributed by atoms with Crippen molar-refractivity contribution in [2.24, 2.45) is 0 Å². The van der Waals surface area contributed by atoms with Crippen molar-refractivity contribution >= 4 is 34.6 Å². The van der Waals surface area contributed by atoms with Crippen LogP contribution in [0.25, 0.3) is 5.70 Å². The number of ether oxygens (including phenoxy) is 3. The van der Waals surface area contributed by atoms with Crippen molar-refractivity contribution in [2.45, 2.75) is 12.1 Å². The summed E-state index contributed by atoms with van der Waals surface area (Å²) in [5.41, 5.74) is 3.65. The lowest BCUT2D eigenvalue weighted by atomic mass is 9.86. The molecule has 2 atom stereocenters. The average molecular weight is 479 g/mol. The lowest BCUT2D eigenvalue weighted by molar-refractivity contribution is 0.217. The van der Waals surface area contributed by atoms with Gasteiger partial charge in [-0.25, -0.2) is 4.68 Å². The molecule has 2 aliphatic rings. The molecule has 9 heteroatoms. The molecule has 2 aromatic heterocycles. The number of rotatable bonds is 4. The van der Waals surface area contributed by atoms with E-state index in [1.165, 1.54) is 0 Å². The number of methoxy groups -OCH3 is 2. The highest BCUT2D eigenvalue weighted by Gasteiger charge is 2.42. The summed E-state index contributed by atoms with van der Waals surface area (Å²) in [7, 11) is 3.30. The van der Waals surface area contributed by atoms with Crippen LogP contribution in [0.2, 0.25) is 5.02 Å². The molecule has 0 radical (unpaired) electrons. The van der Waals surface area contributed by atoms with Gasteiger partial charge >= 0.3 is 0 Å². The molecule has 4 aromatic rings. The van der Waals surface area contributed by atoms with Crippen LogP contribution in [0.4, 0.5) is 5.95 Å². The summed E-state index contributed by atoms with van der Waals surface area (Å²) in [6.45, 7) is 0. The highest BCUT2D eigenvalue weighted by molar-refractivity contribution is 7.10. The summed E-state index contributed by atoms with van der Waals surface area (Å²) < 4.78 is 19.8. The van der Waals surface area contributed by atoms with E-state index in [0.717, 1.165) is 38.8 Å². The van der Waals surface area contributed by atoms with Gasteiger partial charge < -0.3 is 19.5 Å².